The van der Waals surface area contributed by atoms with E-state index in [-0.39, 0.29) is 6.61 Å². The van der Waals surface area contributed by atoms with Crippen LogP contribution in [-0.4, -0.2) is 11.5 Å². The first kappa shape index (κ1) is 13.4. The first-order valence-corrected chi connectivity index (χ1v) is 5.90. The monoisotopic (exact) mass is 264 g/mol. The predicted molar refractivity (Wildman–Crippen MR) is 67.7 cm³/mol. The summed E-state index contributed by atoms with van der Waals surface area (Å²) >= 11 is 0. The van der Waals surface area contributed by atoms with Gasteiger partial charge in [-0.1, -0.05) is 0 Å². The van der Waals surface area contributed by atoms with Crippen molar-refractivity contribution in [2.24, 2.45) is 5.73 Å². The van der Waals surface area contributed by atoms with Gasteiger partial charge in [0.15, 0.2) is 0 Å². The lowest BCUT2D eigenvalue weighted by Crippen LogP contribution is -2.04. The standard InChI is InChI=1S/C14H14F2N2O/c15-11-5-10(6-12(16)7-11)9-19-14-2-1-13(3-4-17)18-8-14/h1-2,5-8H,3-4,9,17H2. The third-order valence-electron chi connectivity index (χ3n) is 2.53. The molecular weight excluding hydrogens is 250 g/mol. The minimum atomic E-state index is -0.616. The van der Waals surface area contributed by atoms with Crippen molar-refractivity contribution in [2.45, 2.75) is 13.0 Å². The summed E-state index contributed by atoms with van der Waals surface area (Å²) in [6.07, 6.45) is 2.27. The van der Waals surface area contributed by atoms with Crippen LogP contribution in [0.25, 0.3) is 0 Å². The fourth-order valence-electron chi connectivity index (χ4n) is 1.65. The van der Waals surface area contributed by atoms with Crippen LogP contribution in [0.2, 0.25) is 0 Å². The zero-order valence-electron chi connectivity index (χ0n) is 10.3. The largest absolute Gasteiger partial charge is 0.487 e. The van der Waals surface area contributed by atoms with Gasteiger partial charge in [-0.3, -0.25) is 4.98 Å². The van der Waals surface area contributed by atoms with Crippen molar-refractivity contribution in [1.82, 2.24) is 4.98 Å². The maximum Gasteiger partial charge on any atom is 0.138 e. The number of nitrogens with zero attached hydrogens (tertiary/aromatic N) is 1. The minimum absolute atomic E-state index is 0.0899. The molecule has 0 aliphatic rings. The summed E-state index contributed by atoms with van der Waals surface area (Å²) in [4.78, 5) is 4.16. The Morgan fingerprint density at radius 3 is 2.42 bits per heavy atom. The molecule has 0 unspecified atom stereocenters. The number of aromatic nitrogens is 1. The van der Waals surface area contributed by atoms with E-state index in [1.165, 1.54) is 12.1 Å². The van der Waals surface area contributed by atoms with Crippen LogP contribution in [0, 0.1) is 11.6 Å². The van der Waals surface area contributed by atoms with Crippen molar-refractivity contribution in [3.8, 4) is 5.75 Å². The molecule has 2 rings (SSSR count). The molecule has 2 aromatic rings. The number of rotatable bonds is 5. The summed E-state index contributed by atoms with van der Waals surface area (Å²) in [5, 5.41) is 0. The molecule has 0 radical (unpaired) electrons. The van der Waals surface area contributed by atoms with Crippen LogP contribution < -0.4 is 10.5 Å². The fraction of sp³-hybridized carbons (Fsp3) is 0.214. The third kappa shape index (κ3) is 3.99. The number of pyridine rings is 1. The van der Waals surface area contributed by atoms with Gasteiger partial charge in [-0.2, -0.15) is 0 Å². The molecule has 0 aliphatic heterocycles. The van der Waals surface area contributed by atoms with Gasteiger partial charge < -0.3 is 10.5 Å². The summed E-state index contributed by atoms with van der Waals surface area (Å²) in [5.41, 5.74) is 6.73. The Hall–Kier alpha value is -2.01. The third-order valence-corrected chi connectivity index (χ3v) is 2.53. The molecule has 0 aliphatic carbocycles. The highest BCUT2D eigenvalue weighted by Gasteiger charge is 2.02. The zero-order valence-corrected chi connectivity index (χ0v) is 10.3. The molecular formula is C14H14F2N2O. The molecule has 100 valence electrons. The molecule has 0 fully saturated rings. The van der Waals surface area contributed by atoms with E-state index in [2.05, 4.69) is 4.98 Å². The van der Waals surface area contributed by atoms with E-state index in [1.54, 1.807) is 12.3 Å². The smallest absolute Gasteiger partial charge is 0.138 e. The van der Waals surface area contributed by atoms with Crippen LogP contribution in [0.1, 0.15) is 11.3 Å². The van der Waals surface area contributed by atoms with E-state index in [9.17, 15) is 8.78 Å². The Morgan fingerprint density at radius 1 is 1.11 bits per heavy atom. The topological polar surface area (TPSA) is 48.1 Å². The molecule has 1 aromatic carbocycles. The normalized spacial score (nSPS) is 10.5. The minimum Gasteiger partial charge on any atom is -0.487 e. The number of halogens is 2. The average molecular weight is 264 g/mol. The highest BCUT2D eigenvalue weighted by atomic mass is 19.1. The lowest BCUT2D eigenvalue weighted by molar-refractivity contribution is 0.303. The molecule has 2 N–H and O–H groups in total. The Morgan fingerprint density at radius 2 is 1.84 bits per heavy atom. The summed E-state index contributed by atoms with van der Waals surface area (Å²) in [6.45, 7) is 0.627. The highest BCUT2D eigenvalue weighted by molar-refractivity contribution is 5.22. The van der Waals surface area contributed by atoms with Crippen LogP contribution in [0.15, 0.2) is 36.5 Å². The van der Waals surface area contributed by atoms with Gasteiger partial charge in [0, 0.05) is 18.2 Å². The number of hydrogen-bond acceptors (Lipinski definition) is 3. The van der Waals surface area contributed by atoms with Gasteiger partial charge in [0.1, 0.15) is 24.0 Å². The number of hydrogen-bond donors (Lipinski definition) is 1. The van der Waals surface area contributed by atoms with Gasteiger partial charge in [-0.15, -0.1) is 0 Å². The van der Waals surface area contributed by atoms with Crippen molar-refractivity contribution in [2.75, 3.05) is 6.54 Å². The summed E-state index contributed by atoms with van der Waals surface area (Å²) in [5.74, 6) is -0.685. The maximum absolute atomic E-state index is 13.0. The van der Waals surface area contributed by atoms with Crippen LogP contribution in [0.3, 0.4) is 0 Å². The maximum atomic E-state index is 13.0. The second kappa shape index (κ2) is 6.24. The predicted octanol–water partition coefficient (Wildman–Crippen LogP) is 2.44. The molecule has 19 heavy (non-hydrogen) atoms. The van der Waals surface area contributed by atoms with Gasteiger partial charge in [-0.05, 0) is 36.4 Å². The summed E-state index contributed by atoms with van der Waals surface area (Å²) in [6, 6.07) is 6.87. The lowest BCUT2D eigenvalue weighted by atomic mass is 10.2. The molecule has 0 saturated carbocycles. The molecule has 5 heteroatoms. The lowest BCUT2D eigenvalue weighted by Gasteiger charge is -2.07. The van der Waals surface area contributed by atoms with Gasteiger partial charge in [0.25, 0.3) is 0 Å². The van der Waals surface area contributed by atoms with E-state index in [4.69, 9.17) is 10.5 Å². The van der Waals surface area contributed by atoms with Gasteiger partial charge >= 0.3 is 0 Å². The highest BCUT2D eigenvalue weighted by Crippen LogP contribution is 2.14. The van der Waals surface area contributed by atoms with Gasteiger partial charge in [0.2, 0.25) is 0 Å². The summed E-state index contributed by atoms with van der Waals surface area (Å²) < 4.78 is 31.4. The Bertz CT molecular complexity index is 523. The van der Waals surface area contributed by atoms with Gasteiger partial charge in [-0.25, -0.2) is 8.78 Å². The molecule has 0 saturated heterocycles. The Labute approximate surface area is 110 Å². The first-order chi connectivity index (χ1) is 9.17. The number of nitrogens with two attached hydrogens (primary N) is 1. The SMILES string of the molecule is NCCc1ccc(OCc2cc(F)cc(F)c2)cn1. The molecule has 0 atom stereocenters. The molecule has 1 aromatic heterocycles. The fourth-order valence-corrected chi connectivity index (χ4v) is 1.65. The van der Waals surface area contributed by atoms with Crippen molar-refractivity contribution in [3.05, 3.63) is 59.4 Å². The van der Waals surface area contributed by atoms with E-state index in [1.807, 2.05) is 6.07 Å². The Kier molecular flexibility index (Phi) is 4.41. The average Bonchev–Trinajstić information content (AvgIpc) is 2.37. The van der Waals surface area contributed by atoms with Crippen molar-refractivity contribution >= 4 is 0 Å². The molecule has 0 amide bonds. The van der Waals surface area contributed by atoms with Crippen LogP contribution >= 0.6 is 0 Å². The second-order valence-corrected chi connectivity index (χ2v) is 4.09. The molecule has 3 nitrogen and oxygen atoms in total. The number of benzene rings is 1. The molecule has 0 bridgehead atoms. The van der Waals surface area contributed by atoms with Crippen molar-refractivity contribution in [3.63, 3.8) is 0 Å². The first-order valence-electron chi connectivity index (χ1n) is 5.90. The second-order valence-electron chi connectivity index (χ2n) is 4.09. The van der Waals surface area contributed by atoms with Crippen LogP contribution in [0.5, 0.6) is 5.75 Å². The van der Waals surface area contributed by atoms with Crippen LogP contribution in [-0.2, 0) is 13.0 Å². The quantitative estimate of drug-likeness (QED) is 0.902. The van der Waals surface area contributed by atoms with Gasteiger partial charge in [0.05, 0.1) is 6.20 Å². The van der Waals surface area contributed by atoms with E-state index < -0.39 is 11.6 Å². The Balaban J connectivity index is 1.98. The van der Waals surface area contributed by atoms with Crippen molar-refractivity contribution < 1.29 is 13.5 Å². The number of ether oxygens (including phenoxy) is 1. The van der Waals surface area contributed by atoms with E-state index in [0.29, 0.717) is 24.3 Å². The summed E-state index contributed by atoms with van der Waals surface area (Å²) in [7, 11) is 0. The van der Waals surface area contributed by atoms with E-state index >= 15 is 0 Å². The molecule has 1 heterocycles. The molecule has 0 spiro atoms. The van der Waals surface area contributed by atoms with Crippen molar-refractivity contribution in [1.29, 1.82) is 0 Å². The zero-order chi connectivity index (χ0) is 13.7. The van der Waals surface area contributed by atoms with E-state index in [0.717, 1.165) is 11.8 Å². The van der Waals surface area contributed by atoms with Crippen LogP contribution in [0.4, 0.5) is 8.78 Å².